The van der Waals surface area contributed by atoms with Crippen LogP contribution in [0, 0.1) is 6.92 Å². The van der Waals surface area contributed by atoms with Gasteiger partial charge in [0.2, 0.25) is 0 Å². The third-order valence-electron chi connectivity index (χ3n) is 6.25. The summed E-state index contributed by atoms with van der Waals surface area (Å²) in [6, 6.07) is 11.0. The lowest BCUT2D eigenvalue weighted by Crippen LogP contribution is -2.41. The molecule has 0 radical (unpaired) electrons. The highest BCUT2D eigenvalue weighted by Crippen LogP contribution is 2.37. The second kappa shape index (κ2) is 7.39. The van der Waals surface area contributed by atoms with Gasteiger partial charge in [-0.15, -0.1) is 0 Å². The van der Waals surface area contributed by atoms with Crippen molar-refractivity contribution in [2.24, 2.45) is 0 Å². The van der Waals surface area contributed by atoms with Crippen molar-refractivity contribution in [3.8, 4) is 22.6 Å². The zero-order chi connectivity index (χ0) is 21.8. The standard InChI is InChI=1S/C23H23NO6S/c1-14-18-7-8-20-19(11-24(13-29-20)16-9-10-31(26,27)12-16)22(18)30-23(25)21(14)15-3-5-17(28-2)6-4-15/h3-8,16H,9-13H2,1-2H3. The Labute approximate surface area is 180 Å². The normalized spacial score (nSPS) is 20.4. The van der Waals surface area contributed by atoms with Crippen molar-refractivity contribution < 1.29 is 22.3 Å². The number of methoxy groups -OCH3 is 1. The van der Waals surface area contributed by atoms with E-state index in [1.807, 2.05) is 48.2 Å². The maximum atomic E-state index is 13.0. The summed E-state index contributed by atoms with van der Waals surface area (Å²) in [5.74, 6) is 1.73. The molecular formula is C23H23NO6S. The minimum absolute atomic E-state index is 0.0835. The van der Waals surface area contributed by atoms with Crippen LogP contribution in [0.1, 0.15) is 17.5 Å². The maximum Gasteiger partial charge on any atom is 0.344 e. The summed E-state index contributed by atoms with van der Waals surface area (Å²) in [6.07, 6.45) is 0.594. The van der Waals surface area contributed by atoms with E-state index < -0.39 is 15.5 Å². The monoisotopic (exact) mass is 441 g/mol. The summed E-state index contributed by atoms with van der Waals surface area (Å²) < 4.78 is 40.7. The Morgan fingerprint density at radius 2 is 1.90 bits per heavy atom. The molecule has 2 aliphatic rings. The molecule has 0 spiro atoms. The average Bonchev–Trinajstić information content (AvgIpc) is 3.13. The number of sulfone groups is 1. The molecule has 162 valence electrons. The predicted octanol–water partition coefficient (Wildman–Crippen LogP) is 3.12. The van der Waals surface area contributed by atoms with Gasteiger partial charge < -0.3 is 13.9 Å². The smallest absolute Gasteiger partial charge is 0.344 e. The third-order valence-corrected chi connectivity index (χ3v) is 8.00. The van der Waals surface area contributed by atoms with Crippen LogP contribution in [0.3, 0.4) is 0 Å². The Kier molecular flexibility index (Phi) is 4.79. The van der Waals surface area contributed by atoms with Gasteiger partial charge in [0, 0.05) is 18.0 Å². The van der Waals surface area contributed by atoms with Crippen LogP contribution in [-0.4, -0.2) is 44.7 Å². The minimum Gasteiger partial charge on any atom is -0.497 e. The quantitative estimate of drug-likeness (QED) is 0.577. The van der Waals surface area contributed by atoms with Crippen molar-refractivity contribution >= 4 is 20.8 Å². The first kappa shape index (κ1) is 20.1. The molecular weight excluding hydrogens is 418 g/mol. The molecule has 3 aromatic rings. The van der Waals surface area contributed by atoms with E-state index >= 15 is 0 Å². The van der Waals surface area contributed by atoms with Gasteiger partial charge in [0.15, 0.2) is 9.84 Å². The van der Waals surface area contributed by atoms with Gasteiger partial charge in [0.05, 0.1) is 29.7 Å². The van der Waals surface area contributed by atoms with Crippen LogP contribution in [0.2, 0.25) is 0 Å². The largest absolute Gasteiger partial charge is 0.497 e. The first-order valence-electron chi connectivity index (χ1n) is 10.2. The average molecular weight is 442 g/mol. The molecule has 0 aliphatic carbocycles. The highest BCUT2D eigenvalue weighted by molar-refractivity contribution is 7.91. The zero-order valence-corrected chi connectivity index (χ0v) is 18.2. The molecule has 8 heteroatoms. The van der Waals surface area contributed by atoms with E-state index in [9.17, 15) is 13.2 Å². The van der Waals surface area contributed by atoms with E-state index in [1.165, 1.54) is 0 Å². The van der Waals surface area contributed by atoms with Gasteiger partial charge in [-0.3, -0.25) is 4.90 Å². The molecule has 0 saturated carbocycles. The summed E-state index contributed by atoms with van der Waals surface area (Å²) in [5.41, 5.74) is 2.99. The zero-order valence-electron chi connectivity index (χ0n) is 17.4. The van der Waals surface area contributed by atoms with Crippen molar-refractivity contribution in [3.63, 3.8) is 0 Å². The van der Waals surface area contributed by atoms with Crippen LogP contribution < -0.4 is 15.1 Å². The summed E-state index contributed by atoms with van der Waals surface area (Å²) in [5, 5.41) is 0.841. The van der Waals surface area contributed by atoms with Crippen LogP contribution in [0.4, 0.5) is 0 Å². The topological polar surface area (TPSA) is 86.0 Å². The number of benzene rings is 2. The number of rotatable bonds is 3. The van der Waals surface area contributed by atoms with Gasteiger partial charge in [-0.05, 0) is 48.7 Å². The van der Waals surface area contributed by atoms with Gasteiger partial charge in [-0.1, -0.05) is 12.1 Å². The number of hydrogen-bond acceptors (Lipinski definition) is 7. The number of ether oxygens (including phenoxy) is 2. The van der Waals surface area contributed by atoms with Crippen LogP contribution in [0.15, 0.2) is 45.6 Å². The highest BCUT2D eigenvalue weighted by Gasteiger charge is 2.35. The molecule has 2 aromatic carbocycles. The van der Waals surface area contributed by atoms with Gasteiger partial charge >= 0.3 is 5.63 Å². The fourth-order valence-corrected chi connectivity index (χ4v) is 6.29. The Morgan fingerprint density at radius 3 is 2.58 bits per heavy atom. The molecule has 1 atom stereocenters. The van der Waals surface area contributed by atoms with E-state index in [0.29, 0.717) is 42.3 Å². The van der Waals surface area contributed by atoms with Crippen LogP contribution in [0.5, 0.6) is 11.5 Å². The molecule has 3 heterocycles. The van der Waals surface area contributed by atoms with E-state index in [1.54, 1.807) is 7.11 Å². The van der Waals surface area contributed by atoms with E-state index in [0.717, 1.165) is 22.1 Å². The molecule has 1 unspecified atom stereocenters. The fraction of sp³-hybridized carbons (Fsp3) is 0.348. The molecule has 7 nitrogen and oxygen atoms in total. The Bertz CT molecular complexity index is 1330. The number of aryl methyl sites for hydroxylation is 1. The number of nitrogens with zero attached hydrogens (tertiary/aromatic N) is 1. The van der Waals surface area contributed by atoms with Crippen molar-refractivity contribution in [3.05, 3.63) is 57.9 Å². The molecule has 1 aromatic heterocycles. The van der Waals surface area contributed by atoms with Crippen LogP contribution >= 0.6 is 0 Å². The second-order valence-corrected chi connectivity index (χ2v) is 10.3. The second-order valence-electron chi connectivity index (χ2n) is 8.11. The molecule has 1 fully saturated rings. The lowest BCUT2D eigenvalue weighted by molar-refractivity contribution is 0.0649. The van der Waals surface area contributed by atoms with E-state index in [4.69, 9.17) is 13.9 Å². The van der Waals surface area contributed by atoms with Crippen LogP contribution in [0.25, 0.3) is 22.1 Å². The molecule has 0 bridgehead atoms. The van der Waals surface area contributed by atoms with Gasteiger partial charge in [0.1, 0.15) is 23.8 Å². The van der Waals surface area contributed by atoms with Gasteiger partial charge in [0.25, 0.3) is 0 Å². The van der Waals surface area contributed by atoms with Gasteiger partial charge in [-0.25, -0.2) is 13.2 Å². The molecule has 5 rings (SSSR count). The Morgan fingerprint density at radius 1 is 1.13 bits per heavy atom. The molecule has 0 amide bonds. The predicted molar refractivity (Wildman–Crippen MR) is 117 cm³/mol. The van der Waals surface area contributed by atoms with E-state index in [-0.39, 0.29) is 17.5 Å². The molecule has 0 N–H and O–H groups in total. The number of hydrogen-bond donors (Lipinski definition) is 0. The lowest BCUT2D eigenvalue weighted by Gasteiger charge is -2.33. The van der Waals surface area contributed by atoms with Crippen LogP contribution in [-0.2, 0) is 16.4 Å². The lowest BCUT2D eigenvalue weighted by atomic mass is 9.97. The summed E-state index contributed by atoms with van der Waals surface area (Å²) in [4.78, 5) is 15.0. The summed E-state index contributed by atoms with van der Waals surface area (Å²) in [6.45, 7) is 2.72. The first-order valence-corrected chi connectivity index (χ1v) is 12.0. The Balaban J connectivity index is 1.58. The molecule has 1 saturated heterocycles. The number of fused-ring (bicyclic) bond motifs is 3. The maximum absolute atomic E-state index is 13.0. The third kappa shape index (κ3) is 3.49. The minimum atomic E-state index is -3.00. The molecule has 31 heavy (non-hydrogen) atoms. The molecule has 2 aliphatic heterocycles. The van der Waals surface area contributed by atoms with E-state index in [2.05, 4.69) is 0 Å². The summed E-state index contributed by atoms with van der Waals surface area (Å²) in [7, 11) is -1.40. The van der Waals surface area contributed by atoms with Crippen molar-refractivity contribution in [1.82, 2.24) is 4.90 Å². The van der Waals surface area contributed by atoms with Crippen molar-refractivity contribution in [1.29, 1.82) is 0 Å². The Hall–Kier alpha value is -2.84. The van der Waals surface area contributed by atoms with Gasteiger partial charge in [-0.2, -0.15) is 0 Å². The summed E-state index contributed by atoms with van der Waals surface area (Å²) >= 11 is 0. The first-order chi connectivity index (χ1) is 14.9. The van der Waals surface area contributed by atoms with Crippen molar-refractivity contribution in [2.45, 2.75) is 25.9 Å². The fourth-order valence-electron chi connectivity index (χ4n) is 4.53. The highest BCUT2D eigenvalue weighted by atomic mass is 32.2. The van der Waals surface area contributed by atoms with Crippen molar-refractivity contribution in [2.75, 3.05) is 25.3 Å². The SMILES string of the molecule is COc1ccc(-c2c(C)c3ccc4c(c3oc2=O)CN(C2CCS(=O)(=O)C2)CO4)cc1.